The first kappa shape index (κ1) is 13.1. The molecule has 19 heavy (non-hydrogen) atoms. The summed E-state index contributed by atoms with van der Waals surface area (Å²) < 4.78 is 14.9. The fraction of sp³-hybridized carbons (Fsp3) is 0.333. The third-order valence-corrected chi connectivity index (χ3v) is 2.73. The van der Waals surface area contributed by atoms with Crippen molar-refractivity contribution < 1.29 is 9.18 Å². The van der Waals surface area contributed by atoms with Crippen LogP contribution >= 0.6 is 0 Å². The largest absolute Gasteiger partial charge is 0.310 e. The molecule has 6 nitrogen and oxygen atoms in total. The van der Waals surface area contributed by atoms with Gasteiger partial charge in [0.05, 0.1) is 23.6 Å². The van der Waals surface area contributed by atoms with Gasteiger partial charge >= 0.3 is 0 Å². The van der Waals surface area contributed by atoms with Crippen molar-refractivity contribution in [2.24, 2.45) is 7.05 Å². The predicted octanol–water partition coefficient (Wildman–Crippen LogP) is 1.52. The SMILES string of the molecule is CC(F)c1nn(C)cc1C(=O)N(C)c1ccnnc1. The molecule has 1 unspecified atom stereocenters. The molecule has 0 fully saturated rings. The Labute approximate surface area is 109 Å². The van der Waals surface area contributed by atoms with Gasteiger partial charge in [0.2, 0.25) is 0 Å². The Hall–Kier alpha value is -2.31. The summed E-state index contributed by atoms with van der Waals surface area (Å²) in [6.07, 6.45) is 3.16. The maximum atomic E-state index is 13.5. The number of nitrogens with zero attached hydrogens (tertiary/aromatic N) is 5. The van der Waals surface area contributed by atoms with Crippen molar-refractivity contribution >= 4 is 11.6 Å². The first-order valence-corrected chi connectivity index (χ1v) is 5.73. The van der Waals surface area contributed by atoms with Crippen LogP contribution in [0.15, 0.2) is 24.7 Å². The smallest absolute Gasteiger partial charge is 0.261 e. The Balaban J connectivity index is 2.34. The van der Waals surface area contributed by atoms with Crippen LogP contribution in [0.4, 0.5) is 10.1 Å². The molecule has 2 rings (SSSR count). The van der Waals surface area contributed by atoms with Crippen molar-refractivity contribution in [3.63, 3.8) is 0 Å². The zero-order valence-electron chi connectivity index (χ0n) is 10.9. The highest BCUT2D eigenvalue weighted by molar-refractivity contribution is 6.06. The normalized spacial score (nSPS) is 12.2. The summed E-state index contributed by atoms with van der Waals surface area (Å²) in [7, 11) is 3.25. The van der Waals surface area contributed by atoms with E-state index in [-0.39, 0.29) is 17.2 Å². The van der Waals surface area contributed by atoms with Crippen LogP contribution in [-0.2, 0) is 7.05 Å². The number of carbonyl (C=O) groups is 1. The number of anilines is 1. The van der Waals surface area contributed by atoms with Crippen LogP contribution < -0.4 is 4.90 Å². The van der Waals surface area contributed by atoms with Crippen molar-refractivity contribution in [1.82, 2.24) is 20.0 Å². The summed E-state index contributed by atoms with van der Waals surface area (Å²) in [6, 6.07) is 1.65. The minimum absolute atomic E-state index is 0.140. The molecule has 0 aliphatic rings. The van der Waals surface area contributed by atoms with Crippen LogP contribution in [-0.4, -0.2) is 32.9 Å². The zero-order valence-corrected chi connectivity index (χ0v) is 10.9. The number of amides is 1. The highest BCUT2D eigenvalue weighted by Gasteiger charge is 2.23. The van der Waals surface area contributed by atoms with Crippen LogP contribution in [0.25, 0.3) is 0 Å². The average molecular weight is 263 g/mol. The number of rotatable bonds is 3. The molecule has 2 aromatic heterocycles. The highest BCUT2D eigenvalue weighted by Crippen LogP contribution is 2.22. The third-order valence-electron chi connectivity index (χ3n) is 2.73. The van der Waals surface area contributed by atoms with Crippen LogP contribution in [0.2, 0.25) is 0 Å². The predicted molar refractivity (Wildman–Crippen MR) is 67.5 cm³/mol. The van der Waals surface area contributed by atoms with Gasteiger partial charge in [0.15, 0.2) is 0 Å². The Kier molecular flexibility index (Phi) is 3.55. The van der Waals surface area contributed by atoms with Gasteiger partial charge in [-0.05, 0) is 13.0 Å². The number of aryl methyl sites for hydroxylation is 1. The molecule has 2 heterocycles. The number of hydrogen-bond donors (Lipinski definition) is 0. The van der Waals surface area contributed by atoms with Gasteiger partial charge in [-0.25, -0.2) is 4.39 Å². The summed E-state index contributed by atoms with van der Waals surface area (Å²) in [6.45, 7) is 1.35. The molecular weight excluding hydrogens is 249 g/mol. The number of alkyl halides is 1. The van der Waals surface area contributed by atoms with Gasteiger partial charge in [-0.2, -0.15) is 15.3 Å². The van der Waals surface area contributed by atoms with Gasteiger partial charge in [0.25, 0.3) is 5.91 Å². The molecule has 1 atom stereocenters. The van der Waals surface area contributed by atoms with E-state index in [1.807, 2.05) is 0 Å². The monoisotopic (exact) mass is 263 g/mol. The lowest BCUT2D eigenvalue weighted by Gasteiger charge is -2.16. The number of halogens is 1. The average Bonchev–Trinajstić information content (AvgIpc) is 2.80. The summed E-state index contributed by atoms with van der Waals surface area (Å²) in [5, 5.41) is 11.3. The zero-order chi connectivity index (χ0) is 14.0. The fourth-order valence-electron chi connectivity index (χ4n) is 1.74. The molecule has 1 amide bonds. The van der Waals surface area contributed by atoms with E-state index in [1.54, 1.807) is 20.2 Å². The van der Waals surface area contributed by atoms with Crippen molar-refractivity contribution in [1.29, 1.82) is 0 Å². The minimum atomic E-state index is -1.30. The molecule has 0 radical (unpaired) electrons. The molecule has 2 aromatic rings. The van der Waals surface area contributed by atoms with E-state index in [2.05, 4.69) is 15.3 Å². The molecule has 0 aromatic carbocycles. The van der Waals surface area contributed by atoms with Gasteiger partial charge in [-0.1, -0.05) is 0 Å². The van der Waals surface area contributed by atoms with Gasteiger partial charge in [-0.3, -0.25) is 9.48 Å². The Morgan fingerprint density at radius 1 is 1.47 bits per heavy atom. The molecule has 0 N–H and O–H groups in total. The van der Waals surface area contributed by atoms with Crippen molar-refractivity contribution in [2.45, 2.75) is 13.1 Å². The standard InChI is InChI=1S/C12H14FN5O/c1-8(13)11-10(7-17(2)16-11)12(19)18(3)9-4-5-14-15-6-9/h4-8H,1-3H3. The summed E-state index contributed by atoms with van der Waals surface area (Å²) in [5.41, 5.74) is 0.972. The quantitative estimate of drug-likeness (QED) is 0.842. The molecule has 100 valence electrons. The fourth-order valence-corrected chi connectivity index (χ4v) is 1.74. The van der Waals surface area contributed by atoms with Gasteiger partial charge in [-0.15, -0.1) is 0 Å². The topological polar surface area (TPSA) is 63.9 Å². The van der Waals surface area contributed by atoms with E-state index in [0.717, 1.165) is 0 Å². The van der Waals surface area contributed by atoms with E-state index in [4.69, 9.17) is 0 Å². The first-order chi connectivity index (χ1) is 9.00. The molecular formula is C12H14FN5O. The van der Waals surface area contributed by atoms with Crippen molar-refractivity contribution in [3.8, 4) is 0 Å². The molecule has 0 aliphatic heterocycles. The second-order valence-corrected chi connectivity index (χ2v) is 4.18. The number of carbonyl (C=O) groups excluding carboxylic acids is 1. The van der Waals surface area contributed by atoms with E-state index in [9.17, 15) is 9.18 Å². The van der Waals surface area contributed by atoms with Crippen molar-refractivity contribution in [3.05, 3.63) is 35.9 Å². The third kappa shape index (κ3) is 2.59. The maximum absolute atomic E-state index is 13.5. The number of aromatic nitrogens is 4. The maximum Gasteiger partial charge on any atom is 0.261 e. The summed E-state index contributed by atoms with van der Waals surface area (Å²) >= 11 is 0. The molecule has 0 saturated heterocycles. The van der Waals surface area contributed by atoms with E-state index >= 15 is 0 Å². The van der Waals surface area contributed by atoms with Crippen LogP contribution in [0.5, 0.6) is 0 Å². The van der Waals surface area contributed by atoms with E-state index in [0.29, 0.717) is 5.69 Å². The Bertz CT molecular complexity index is 581. The summed E-state index contributed by atoms with van der Waals surface area (Å²) in [5.74, 6) is -0.333. The van der Waals surface area contributed by atoms with Crippen molar-refractivity contribution in [2.75, 3.05) is 11.9 Å². The lowest BCUT2D eigenvalue weighted by atomic mass is 10.1. The first-order valence-electron chi connectivity index (χ1n) is 5.73. The Morgan fingerprint density at radius 2 is 2.21 bits per heavy atom. The van der Waals surface area contributed by atoms with Crippen LogP contribution in [0.3, 0.4) is 0 Å². The van der Waals surface area contributed by atoms with Gasteiger partial charge < -0.3 is 4.90 Å². The van der Waals surface area contributed by atoms with Gasteiger partial charge in [0.1, 0.15) is 11.9 Å². The lowest BCUT2D eigenvalue weighted by Crippen LogP contribution is -2.27. The second-order valence-electron chi connectivity index (χ2n) is 4.18. The molecule has 0 bridgehead atoms. The van der Waals surface area contributed by atoms with Crippen LogP contribution in [0.1, 0.15) is 29.1 Å². The number of hydrogen-bond acceptors (Lipinski definition) is 4. The van der Waals surface area contributed by atoms with E-state index in [1.165, 1.54) is 35.1 Å². The molecule has 7 heteroatoms. The minimum Gasteiger partial charge on any atom is -0.310 e. The highest BCUT2D eigenvalue weighted by atomic mass is 19.1. The summed E-state index contributed by atoms with van der Waals surface area (Å²) in [4.78, 5) is 13.7. The molecule has 0 saturated carbocycles. The Morgan fingerprint density at radius 3 is 2.79 bits per heavy atom. The molecule has 0 aliphatic carbocycles. The van der Waals surface area contributed by atoms with E-state index < -0.39 is 6.17 Å². The van der Waals surface area contributed by atoms with Crippen LogP contribution in [0, 0.1) is 0 Å². The lowest BCUT2D eigenvalue weighted by molar-refractivity contribution is 0.0990. The molecule has 0 spiro atoms. The second kappa shape index (κ2) is 5.13. The van der Waals surface area contributed by atoms with Gasteiger partial charge in [0, 0.05) is 20.3 Å².